The Labute approximate surface area is 117 Å². The molecule has 4 nitrogen and oxygen atoms in total. The normalized spacial score (nSPS) is 12.4. The third-order valence-electron chi connectivity index (χ3n) is 2.53. The fraction of sp³-hybridized carbons (Fsp3) is 0.167. The standard InChI is InChI=1S/C12H8F4O4S/c1-7-5-9(13)8(10-3-2-4-19-10)6-11(7)20-21(17,18)12(14,15)16/h2-6H,1H3. The summed E-state index contributed by atoms with van der Waals surface area (Å²) in [5.74, 6) is -1.37. The maximum absolute atomic E-state index is 13.8. The molecular formula is C12H8F4O4S. The first kappa shape index (κ1) is 15.4. The van der Waals surface area contributed by atoms with E-state index in [0.29, 0.717) is 0 Å². The highest BCUT2D eigenvalue weighted by Crippen LogP contribution is 2.33. The number of furan rings is 1. The minimum Gasteiger partial charge on any atom is -0.464 e. The van der Waals surface area contributed by atoms with Crippen molar-refractivity contribution < 1.29 is 34.6 Å². The van der Waals surface area contributed by atoms with E-state index in [-0.39, 0.29) is 16.9 Å². The zero-order valence-corrected chi connectivity index (χ0v) is 11.3. The molecule has 0 spiro atoms. The van der Waals surface area contributed by atoms with Crippen molar-refractivity contribution in [3.8, 4) is 17.1 Å². The van der Waals surface area contributed by atoms with Crippen LogP contribution in [0.5, 0.6) is 5.75 Å². The lowest BCUT2D eigenvalue weighted by Gasteiger charge is -2.12. The molecule has 1 aromatic heterocycles. The summed E-state index contributed by atoms with van der Waals surface area (Å²) >= 11 is 0. The second-order valence-electron chi connectivity index (χ2n) is 4.06. The number of hydrogen-bond acceptors (Lipinski definition) is 4. The van der Waals surface area contributed by atoms with Gasteiger partial charge in [0.05, 0.1) is 11.8 Å². The van der Waals surface area contributed by atoms with Crippen LogP contribution in [-0.4, -0.2) is 13.9 Å². The molecule has 2 rings (SSSR count). The van der Waals surface area contributed by atoms with Crippen LogP contribution < -0.4 is 4.18 Å². The quantitative estimate of drug-likeness (QED) is 0.491. The van der Waals surface area contributed by atoms with Crippen LogP contribution in [-0.2, 0) is 10.1 Å². The molecule has 0 atom stereocenters. The van der Waals surface area contributed by atoms with Crippen LogP contribution in [0.15, 0.2) is 34.9 Å². The Morgan fingerprint density at radius 1 is 1.24 bits per heavy atom. The van der Waals surface area contributed by atoms with E-state index < -0.39 is 27.2 Å². The lowest BCUT2D eigenvalue weighted by atomic mass is 10.1. The molecule has 0 aliphatic carbocycles. The molecule has 114 valence electrons. The molecule has 0 N–H and O–H groups in total. The molecular weight excluding hydrogens is 316 g/mol. The minimum absolute atomic E-state index is 0.0294. The highest BCUT2D eigenvalue weighted by molar-refractivity contribution is 7.88. The number of alkyl halides is 3. The maximum atomic E-state index is 13.8. The summed E-state index contributed by atoms with van der Waals surface area (Å²) in [6, 6.07) is 4.52. The number of halogens is 4. The van der Waals surface area contributed by atoms with Gasteiger partial charge >= 0.3 is 15.6 Å². The first-order chi connectivity index (χ1) is 9.62. The molecule has 0 fully saturated rings. The number of hydrogen-bond donors (Lipinski definition) is 0. The van der Waals surface area contributed by atoms with E-state index in [2.05, 4.69) is 4.18 Å². The molecule has 0 aliphatic rings. The summed E-state index contributed by atoms with van der Waals surface area (Å²) in [7, 11) is -5.82. The van der Waals surface area contributed by atoms with E-state index in [0.717, 1.165) is 12.1 Å². The molecule has 0 amide bonds. The van der Waals surface area contributed by atoms with Crippen molar-refractivity contribution in [3.05, 3.63) is 41.9 Å². The van der Waals surface area contributed by atoms with Gasteiger partial charge in [0.2, 0.25) is 0 Å². The molecule has 0 aliphatic heterocycles. The van der Waals surface area contributed by atoms with E-state index in [1.807, 2.05) is 0 Å². The Morgan fingerprint density at radius 3 is 2.43 bits per heavy atom. The second kappa shape index (κ2) is 5.06. The Kier molecular flexibility index (Phi) is 3.70. The van der Waals surface area contributed by atoms with Gasteiger partial charge in [-0.25, -0.2) is 4.39 Å². The molecule has 0 saturated heterocycles. The summed E-state index contributed by atoms with van der Waals surface area (Å²) in [4.78, 5) is 0. The fourth-order valence-electron chi connectivity index (χ4n) is 1.53. The average Bonchev–Trinajstić information content (AvgIpc) is 2.84. The molecule has 0 bridgehead atoms. The maximum Gasteiger partial charge on any atom is 0.534 e. The van der Waals surface area contributed by atoms with Crippen molar-refractivity contribution >= 4 is 10.1 Å². The summed E-state index contributed by atoms with van der Waals surface area (Å²) in [6.45, 7) is 1.22. The van der Waals surface area contributed by atoms with Crippen LogP contribution in [0.1, 0.15) is 5.56 Å². The number of aryl methyl sites for hydroxylation is 1. The van der Waals surface area contributed by atoms with Crippen LogP contribution in [0, 0.1) is 12.7 Å². The third kappa shape index (κ3) is 3.02. The van der Waals surface area contributed by atoms with Crippen LogP contribution in [0.2, 0.25) is 0 Å². The predicted octanol–water partition coefficient (Wildman–Crippen LogP) is 3.62. The van der Waals surface area contributed by atoms with Crippen LogP contribution in [0.4, 0.5) is 17.6 Å². The topological polar surface area (TPSA) is 56.5 Å². The minimum atomic E-state index is -5.82. The molecule has 2 aromatic rings. The highest BCUT2D eigenvalue weighted by atomic mass is 32.2. The Hall–Kier alpha value is -2.03. The van der Waals surface area contributed by atoms with Crippen molar-refractivity contribution in [2.24, 2.45) is 0 Å². The van der Waals surface area contributed by atoms with Crippen LogP contribution >= 0.6 is 0 Å². The summed E-state index contributed by atoms with van der Waals surface area (Å²) < 4.78 is 81.6. The monoisotopic (exact) mass is 324 g/mol. The van der Waals surface area contributed by atoms with Gasteiger partial charge in [-0.15, -0.1) is 0 Å². The van der Waals surface area contributed by atoms with E-state index in [4.69, 9.17) is 4.42 Å². The number of rotatable bonds is 3. The summed E-state index contributed by atoms with van der Waals surface area (Å²) in [5, 5.41) is 0. The van der Waals surface area contributed by atoms with Gasteiger partial charge < -0.3 is 8.60 Å². The molecule has 21 heavy (non-hydrogen) atoms. The summed E-state index contributed by atoms with van der Waals surface area (Å²) in [5.41, 5.74) is -5.88. The molecule has 1 heterocycles. The van der Waals surface area contributed by atoms with Crippen molar-refractivity contribution in [1.82, 2.24) is 0 Å². The first-order valence-corrected chi connectivity index (χ1v) is 6.87. The van der Waals surface area contributed by atoms with Gasteiger partial charge in [-0.1, -0.05) is 0 Å². The van der Waals surface area contributed by atoms with Gasteiger partial charge in [-0.3, -0.25) is 0 Å². The van der Waals surface area contributed by atoms with Gasteiger partial charge in [0.1, 0.15) is 17.3 Å². The molecule has 0 radical (unpaired) electrons. The molecule has 9 heteroatoms. The van der Waals surface area contributed by atoms with Gasteiger partial charge in [0, 0.05) is 0 Å². The SMILES string of the molecule is Cc1cc(F)c(-c2ccco2)cc1OS(=O)(=O)C(F)(F)F. The zero-order chi connectivity index (χ0) is 15.8. The largest absolute Gasteiger partial charge is 0.534 e. The smallest absolute Gasteiger partial charge is 0.464 e. The van der Waals surface area contributed by atoms with Crippen molar-refractivity contribution in [2.45, 2.75) is 12.4 Å². The van der Waals surface area contributed by atoms with Crippen molar-refractivity contribution in [1.29, 1.82) is 0 Å². The van der Waals surface area contributed by atoms with E-state index in [9.17, 15) is 26.0 Å². The molecule has 0 saturated carbocycles. The van der Waals surface area contributed by atoms with Gasteiger partial charge in [-0.2, -0.15) is 21.6 Å². The molecule has 0 unspecified atom stereocenters. The second-order valence-corrected chi connectivity index (χ2v) is 5.60. The van der Waals surface area contributed by atoms with Crippen molar-refractivity contribution in [2.75, 3.05) is 0 Å². The van der Waals surface area contributed by atoms with Gasteiger partial charge in [-0.05, 0) is 36.8 Å². The Morgan fingerprint density at radius 2 is 1.90 bits per heavy atom. The van der Waals surface area contributed by atoms with Crippen LogP contribution in [0.25, 0.3) is 11.3 Å². The highest BCUT2D eigenvalue weighted by Gasteiger charge is 2.48. The Balaban J connectivity index is 2.49. The summed E-state index contributed by atoms with van der Waals surface area (Å²) in [6.07, 6.45) is 1.24. The first-order valence-electron chi connectivity index (χ1n) is 5.46. The lowest BCUT2D eigenvalue weighted by molar-refractivity contribution is -0.0500. The fourth-order valence-corrected chi connectivity index (χ4v) is 2.04. The van der Waals surface area contributed by atoms with Crippen LogP contribution in [0.3, 0.4) is 0 Å². The number of benzene rings is 1. The Bertz CT molecular complexity index is 748. The lowest BCUT2D eigenvalue weighted by Crippen LogP contribution is -2.28. The van der Waals surface area contributed by atoms with E-state index in [1.165, 1.54) is 25.3 Å². The molecule has 1 aromatic carbocycles. The van der Waals surface area contributed by atoms with Gasteiger partial charge in [0.25, 0.3) is 0 Å². The van der Waals surface area contributed by atoms with Gasteiger partial charge in [0.15, 0.2) is 0 Å². The average molecular weight is 324 g/mol. The van der Waals surface area contributed by atoms with E-state index >= 15 is 0 Å². The van der Waals surface area contributed by atoms with Crippen molar-refractivity contribution in [3.63, 3.8) is 0 Å². The predicted molar refractivity (Wildman–Crippen MR) is 64.4 cm³/mol. The van der Waals surface area contributed by atoms with E-state index in [1.54, 1.807) is 0 Å². The zero-order valence-electron chi connectivity index (χ0n) is 10.4. The third-order valence-corrected chi connectivity index (χ3v) is 3.50.